The first kappa shape index (κ1) is 15.7. The van der Waals surface area contributed by atoms with Gasteiger partial charge in [-0.1, -0.05) is 0 Å². The molecule has 116 valence electrons. The van der Waals surface area contributed by atoms with E-state index >= 15 is 0 Å². The molecular formula is C15H22N2O4. The molecule has 1 atom stereocenters. The fourth-order valence-electron chi connectivity index (χ4n) is 2.46. The van der Waals surface area contributed by atoms with Crippen molar-refractivity contribution >= 4 is 5.97 Å². The van der Waals surface area contributed by atoms with Gasteiger partial charge in [-0.25, -0.2) is 9.78 Å². The van der Waals surface area contributed by atoms with Crippen molar-refractivity contribution in [2.24, 2.45) is 0 Å². The number of carbonyl (C=O) groups is 1. The quantitative estimate of drug-likeness (QED) is 0.770. The van der Waals surface area contributed by atoms with Crippen LogP contribution in [0.15, 0.2) is 12.1 Å². The summed E-state index contributed by atoms with van der Waals surface area (Å²) in [6, 6.07) is 3.66. The Balaban J connectivity index is 1.72. The number of aryl methyl sites for hydroxylation is 1. The Kier molecular flexibility index (Phi) is 5.52. The summed E-state index contributed by atoms with van der Waals surface area (Å²) < 4.78 is 11.1. The van der Waals surface area contributed by atoms with E-state index in [4.69, 9.17) is 14.6 Å². The van der Waals surface area contributed by atoms with Crippen molar-refractivity contribution in [3.05, 3.63) is 23.5 Å². The van der Waals surface area contributed by atoms with Gasteiger partial charge < -0.3 is 19.5 Å². The van der Waals surface area contributed by atoms with Gasteiger partial charge >= 0.3 is 5.97 Å². The fraction of sp³-hybridized carbons (Fsp3) is 0.600. The van der Waals surface area contributed by atoms with Crippen molar-refractivity contribution in [2.45, 2.75) is 25.8 Å². The lowest BCUT2D eigenvalue weighted by atomic mass is 10.2. The normalized spacial score (nSPS) is 18.9. The lowest BCUT2D eigenvalue weighted by molar-refractivity contribution is 0.0643. The number of hydrogen-bond donors (Lipinski definition) is 1. The minimum Gasteiger partial charge on any atom is -0.491 e. The van der Waals surface area contributed by atoms with Gasteiger partial charge in [-0.3, -0.25) is 0 Å². The third-order valence-corrected chi connectivity index (χ3v) is 3.62. The molecule has 2 rings (SSSR count). The highest BCUT2D eigenvalue weighted by Crippen LogP contribution is 2.15. The van der Waals surface area contributed by atoms with E-state index in [1.165, 1.54) is 18.9 Å². The standard InChI is InChI=1S/C15H22N2O4/c1-11-8-13(9-14(16-11)15(18)19)21-7-6-20-10-12-4-3-5-17(12)2/h8-9,12H,3-7,10H2,1-2H3,(H,18,19). The molecule has 1 unspecified atom stereocenters. The maximum Gasteiger partial charge on any atom is 0.354 e. The summed E-state index contributed by atoms with van der Waals surface area (Å²) in [5.74, 6) is -0.537. The predicted octanol–water partition coefficient (Wildman–Crippen LogP) is 1.58. The van der Waals surface area contributed by atoms with E-state index in [1.54, 1.807) is 13.0 Å². The highest BCUT2D eigenvalue weighted by Gasteiger charge is 2.20. The number of likely N-dealkylation sites (tertiary alicyclic amines) is 1. The number of aromatic carboxylic acids is 1. The molecule has 1 aliphatic rings. The Labute approximate surface area is 124 Å². The molecule has 1 saturated heterocycles. The average molecular weight is 294 g/mol. The molecule has 21 heavy (non-hydrogen) atoms. The largest absolute Gasteiger partial charge is 0.491 e. The second kappa shape index (κ2) is 7.38. The third-order valence-electron chi connectivity index (χ3n) is 3.62. The number of rotatable bonds is 7. The van der Waals surface area contributed by atoms with Crippen molar-refractivity contribution in [3.8, 4) is 5.75 Å². The number of carboxylic acids is 1. The summed E-state index contributed by atoms with van der Waals surface area (Å²) in [7, 11) is 2.12. The second-order valence-electron chi connectivity index (χ2n) is 5.33. The van der Waals surface area contributed by atoms with Gasteiger partial charge in [0, 0.05) is 23.9 Å². The van der Waals surface area contributed by atoms with Crippen LogP contribution in [0.4, 0.5) is 0 Å². The highest BCUT2D eigenvalue weighted by atomic mass is 16.5. The summed E-state index contributed by atoms with van der Waals surface area (Å²) in [6.07, 6.45) is 2.41. The minimum atomic E-state index is -1.05. The topological polar surface area (TPSA) is 71.9 Å². The molecule has 1 aliphatic heterocycles. The van der Waals surface area contributed by atoms with Gasteiger partial charge in [0.05, 0.1) is 13.2 Å². The van der Waals surface area contributed by atoms with Gasteiger partial charge in [-0.05, 0) is 33.4 Å². The van der Waals surface area contributed by atoms with Crippen molar-refractivity contribution in [3.63, 3.8) is 0 Å². The smallest absolute Gasteiger partial charge is 0.354 e. The number of ether oxygens (including phenoxy) is 2. The summed E-state index contributed by atoms with van der Waals surface area (Å²) in [5.41, 5.74) is 0.622. The van der Waals surface area contributed by atoms with Crippen molar-refractivity contribution in [2.75, 3.05) is 33.4 Å². The van der Waals surface area contributed by atoms with Crippen LogP contribution in [0.1, 0.15) is 29.0 Å². The zero-order valence-corrected chi connectivity index (χ0v) is 12.5. The molecule has 2 heterocycles. The van der Waals surface area contributed by atoms with E-state index < -0.39 is 5.97 Å². The molecule has 0 saturated carbocycles. The molecule has 0 radical (unpaired) electrons. The SMILES string of the molecule is Cc1cc(OCCOCC2CCCN2C)cc(C(=O)O)n1. The minimum absolute atomic E-state index is 0.00139. The van der Waals surface area contributed by atoms with Gasteiger partial charge in [0.2, 0.25) is 0 Å². The van der Waals surface area contributed by atoms with Crippen molar-refractivity contribution in [1.29, 1.82) is 0 Å². The molecule has 0 amide bonds. The fourth-order valence-corrected chi connectivity index (χ4v) is 2.46. The van der Waals surface area contributed by atoms with Crippen LogP contribution >= 0.6 is 0 Å². The maximum absolute atomic E-state index is 10.9. The molecule has 6 nitrogen and oxygen atoms in total. The first-order valence-electron chi connectivity index (χ1n) is 7.19. The number of nitrogens with zero attached hydrogens (tertiary/aromatic N) is 2. The number of pyridine rings is 1. The van der Waals surface area contributed by atoms with Gasteiger partial charge in [0.1, 0.15) is 12.4 Å². The van der Waals surface area contributed by atoms with Crippen LogP contribution in [0.5, 0.6) is 5.75 Å². The second-order valence-corrected chi connectivity index (χ2v) is 5.33. The summed E-state index contributed by atoms with van der Waals surface area (Å²) in [4.78, 5) is 17.1. The van der Waals surface area contributed by atoms with E-state index in [9.17, 15) is 4.79 Å². The molecule has 1 aromatic rings. The van der Waals surface area contributed by atoms with Gasteiger partial charge in [0.15, 0.2) is 5.69 Å². The third kappa shape index (κ3) is 4.68. The predicted molar refractivity (Wildman–Crippen MR) is 77.9 cm³/mol. The van der Waals surface area contributed by atoms with E-state index in [-0.39, 0.29) is 5.69 Å². The molecule has 0 bridgehead atoms. The van der Waals surface area contributed by atoms with Crippen LogP contribution in [0.3, 0.4) is 0 Å². The molecule has 0 aliphatic carbocycles. The van der Waals surface area contributed by atoms with Crippen LogP contribution in [0.25, 0.3) is 0 Å². The lowest BCUT2D eigenvalue weighted by Gasteiger charge is -2.19. The first-order valence-corrected chi connectivity index (χ1v) is 7.19. The Hall–Kier alpha value is -1.66. The van der Waals surface area contributed by atoms with Crippen LogP contribution in [0.2, 0.25) is 0 Å². The molecule has 0 aromatic carbocycles. The number of aromatic nitrogens is 1. The van der Waals surface area contributed by atoms with E-state index in [1.807, 2.05) is 0 Å². The van der Waals surface area contributed by atoms with Crippen molar-refractivity contribution < 1.29 is 19.4 Å². The van der Waals surface area contributed by atoms with Crippen molar-refractivity contribution in [1.82, 2.24) is 9.88 Å². The van der Waals surface area contributed by atoms with Gasteiger partial charge in [0.25, 0.3) is 0 Å². The average Bonchev–Trinajstić information content (AvgIpc) is 2.83. The van der Waals surface area contributed by atoms with E-state index in [0.717, 1.165) is 13.2 Å². The van der Waals surface area contributed by atoms with Crippen LogP contribution in [-0.4, -0.2) is 60.4 Å². The summed E-state index contributed by atoms with van der Waals surface area (Å²) >= 11 is 0. The number of carboxylic acid groups (broad SMARTS) is 1. The molecule has 1 N–H and O–H groups in total. The lowest BCUT2D eigenvalue weighted by Crippen LogP contribution is -2.30. The van der Waals surface area contributed by atoms with E-state index in [0.29, 0.717) is 30.7 Å². The molecule has 6 heteroatoms. The molecule has 1 aromatic heterocycles. The monoisotopic (exact) mass is 294 g/mol. The van der Waals surface area contributed by atoms with Crippen LogP contribution in [0, 0.1) is 6.92 Å². The number of likely N-dealkylation sites (N-methyl/N-ethyl adjacent to an activating group) is 1. The van der Waals surface area contributed by atoms with E-state index in [2.05, 4.69) is 16.9 Å². The zero-order chi connectivity index (χ0) is 15.2. The highest BCUT2D eigenvalue weighted by molar-refractivity contribution is 5.85. The Morgan fingerprint density at radius 2 is 2.29 bits per heavy atom. The number of hydrogen-bond acceptors (Lipinski definition) is 5. The Morgan fingerprint density at radius 3 is 2.95 bits per heavy atom. The summed E-state index contributed by atoms with van der Waals surface area (Å²) in [6.45, 7) is 4.49. The Morgan fingerprint density at radius 1 is 1.48 bits per heavy atom. The van der Waals surface area contributed by atoms with Gasteiger partial charge in [-0.15, -0.1) is 0 Å². The molecular weight excluding hydrogens is 272 g/mol. The van der Waals surface area contributed by atoms with Gasteiger partial charge in [-0.2, -0.15) is 0 Å². The van der Waals surface area contributed by atoms with Crippen LogP contribution in [-0.2, 0) is 4.74 Å². The first-order chi connectivity index (χ1) is 10.1. The zero-order valence-electron chi connectivity index (χ0n) is 12.5. The molecule has 1 fully saturated rings. The molecule has 0 spiro atoms. The maximum atomic E-state index is 10.9. The van der Waals surface area contributed by atoms with Crippen LogP contribution < -0.4 is 4.74 Å². The Bertz CT molecular complexity index is 493. The summed E-state index contributed by atoms with van der Waals surface area (Å²) in [5, 5.41) is 8.94.